The van der Waals surface area contributed by atoms with Crippen molar-refractivity contribution in [2.45, 2.75) is 12.1 Å². The molecule has 0 bridgehead atoms. The number of hydrogen-bond acceptors (Lipinski definition) is 4. The van der Waals surface area contributed by atoms with Gasteiger partial charge in [0.05, 0.1) is 12.8 Å². The highest BCUT2D eigenvalue weighted by atomic mass is 35.5. The van der Waals surface area contributed by atoms with Gasteiger partial charge in [-0.25, -0.2) is 4.98 Å². The van der Waals surface area contributed by atoms with Gasteiger partial charge in [-0.05, 0) is 22.8 Å². The molecule has 5 nitrogen and oxygen atoms in total. The number of ether oxygens (including phenoxy) is 3. The van der Waals surface area contributed by atoms with Crippen LogP contribution in [0.5, 0.6) is 17.4 Å². The molecule has 1 aromatic heterocycles. The maximum Gasteiger partial charge on any atom is 0.237 e. The van der Waals surface area contributed by atoms with Crippen molar-refractivity contribution in [2.24, 2.45) is 0 Å². The van der Waals surface area contributed by atoms with Crippen molar-refractivity contribution in [3.63, 3.8) is 0 Å². The van der Waals surface area contributed by atoms with E-state index in [9.17, 15) is 0 Å². The predicted molar refractivity (Wildman–Crippen MR) is 139 cm³/mol. The molecule has 4 aromatic carbocycles. The van der Waals surface area contributed by atoms with Gasteiger partial charge in [-0.15, -0.1) is 0 Å². The van der Waals surface area contributed by atoms with E-state index in [2.05, 4.69) is 82.3 Å². The van der Waals surface area contributed by atoms with E-state index >= 15 is 0 Å². The van der Waals surface area contributed by atoms with Crippen LogP contribution < -0.4 is 9.47 Å². The summed E-state index contributed by atoms with van der Waals surface area (Å²) < 4.78 is 19.5. The first-order chi connectivity index (χ1) is 17.7. The molecule has 0 radical (unpaired) electrons. The van der Waals surface area contributed by atoms with Crippen molar-refractivity contribution in [2.75, 3.05) is 6.79 Å². The Labute approximate surface area is 214 Å². The summed E-state index contributed by atoms with van der Waals surface area (Å²) in [6.45, 7) is 0.582. The van der Waals surface area contributed by atoms with Gasteiger partial charge in [0.15, 0.2) is 18.3 Å². The minimum atomic E-state index is -0.670. The van der Waals surface area contributed by atoms with E-state index in [-0.39, 0.29) is 6.79 Å². The maximum absolute atomic E-state index is 6.35. The first-order valence-electron chi connectivity index (χ1n) is 11.7. The van der Waals surface area contributed by atoms with Crippen LogP contribution in [0.1, 0.15) is 22.3 Å². The van der Waals surface area contributed by atoms with Crippen LogP contribution in [0.4, 0.5) is 0 Å². The van der Waals surface area contributed by atoms with Crippen molar-refractivity contribution in [3.05, 3.63) is 143 Å². The quantitative estimate of drug-likeness (QED) is 0.238. The van der Waals surface area contributed by atoms with E-state index in [4.69, 9.17) is 25.8 Å². The molecule has 2 heterocycles. The largest absolute Gasteiger partial charge is 0.463 e. The molecule has 0 fully saturated rings. The van der Waals surface area contributed by atoms with Crippen LogP contribution in [0.2, 0.25) is 5.02 Å². The van der Waals surface area contributed by atoms with Crippen LogP contribution in [-0.4, -0.2) is 16.3 Å². The Bertz CT molecular complexity index is 1370. The molecule has 178 valence electrons. The summed E-state index contributed by atoms with van der Waals surface area (Å²) in [6.07, 6.45) is 3.73. The lowest BCUT2D eigenvalue weighted by Crippen LogP contribution is -2.36. The Hall–Kier alpha value is -4.06. The fourth-order valence-corrected chi connectivity index (χ4v) is 5.09. The lowest BCUT2D eigenvalue weighted by Gasteiger charge is -2.37. The van der Waals surface area contributed by atoms with E-state index in [0.29, 0.717) is 29.0 Å². The molecule has 5 aromatic rings. The monoisotopic (exact) mass is 494 g/mol. The second-order valence-electron chi connectivity index (χ2n) is 8.53. The van der Waals surface area contributed by atoms with Crippen LogP contribution >= 0.6 is 11.6 Å². The van der Waals surface area contributed by atoms with E-state index in [1.165, 1.54) is 0 Å². The number of rotatable bonds is 6. The van der Waals surface area contributed by atoms with Gasteiger partial charge in [0.25, 0.3) is 0 Å². The van der Waals surface area contributed by atoms with Crippen LogP contribution in [0, 0.1) is 0 Å². The van der Waals surface area contributed by atoms with Gasteiger partial charge in [-0.2, -0.15) is 0 Å². The summed E-state index contributed by atoms with van der Waals surface area (Å²) in [5.74, 6) is 1.57. The number of aromatic nitrogens is 2. The average molecular weight is 495 g/mol. The first-order valence-corrected chi connectivity index (χ1v) is 12.0. The highest BCUT2D eigenvalue weighted by molar-refractivity contribution is 6.30. The molecule has 0 spiro atoms. The number of imidazole rings is 1. The zero-order chi connectivity index (χ0) is 24.4. The lowest BCUT2D eigenvalue weighted by atomic mass is 9.77. The molecule has 0 N–H and O–H groups in total. The zero-order valence-corrected chi connectivity index (χ0v) is 20.1. The molecule has 0 atom stereocenters. The Morgan fingerprint density at radius 2 is 1.39 bits per heavy atom. The summed E-state index contributed by atoms with van der Waals surface area (Å²) >= 11 is 6.35. The normalized spacial score (nSPS) is 13.0. The number of halogens is 1. The highest BCUT2D eigenvalue weighted by Gasteiger charge is 2.38. The standard InChI is InChI=1S/C30H23ClN2O3/c31-26-16-22-19-34-21-35-29(22)27(17-26)36-28-18-33(20-32-28)30(23-10-4-1-5-11-23,24-12-6-2-7-13-24)25-14-8-3-9-15-25/h1-18,20H,19,21H2. The minimum absolute atomic E-state index is 0.165. The molecule has 0 aliphatic carbocycles. The van der Waals surface area contributed by atoms with Crippen molar-refractivity contribution in [1.29, 1.82) is 0 Å². The number of fused-ring (bicyclic) bond motifs is 1. The summed E-state index contributed by atoms with van der Waals surface area (Å²) in [5.41, 5.74) is 3.48. The second-order valence-corrected chi connectivity index (χ2v) is 8.97. The fraction of sp³-hybridized carbons (Fsp3) is 0.100. The van der Waals surface area contributed by atoms with Crippen LogP contribution in [0.3, 0.4) is 0 Å². The molecule has 6 heteroatoms. The minimum Gasteiger partial charge on any atom is -0.463 e. The molecule has 36 heavy (non-hydrogen) atoms. The summed E-state index contributed by atoms with van der Waals surface area (Å²) in [4.78, 5) is 4.64. The van der Waals surface area contributed by atoms with Crippen LogP contribution in [-0.2, 0) is 16.9 Å². The molecule has 0 saturated carbocycles. The molecular formula is C30H23ClN2O3. The summed E-state index contributed by atoms with van der Waals surface area (Å²) in [5, 5.41) is 0.546. The van der Waals surface area contributed by atoms with E-state index < -0.39 is 5.54 Å². The molecule has 1 aliphatic rings. The van der Waals surface area contributed by atoms with E-state index in [1.807, 2.05) is 36.8 Å². The van der Waals surface area contributed by atoms with E-state index in [0.717, 1.165) is 22.3 Å². The van der Waals surface area contributed by atoms with Gasteiger partial charge in [-0.1, -0.05) is 103 Å². The molecule has 0 unspecified atom stereocenters. The van der Waals surface area contributed by atoms with Crippen LogP contribution in [0.15, 0.2) is 116 Å². The third-order valence-electron chi connectivity index (χ3n) is 6.38. The Balaban J connectivity index is 1.51. The molecule has 0 amide bonds. The van der Waals surface area contributed by atoms with Gasteiger partial charge in [0.1, 0.15) is 11.9 Å². The number of nitrogens with zero attached hydrogens (tertiary/aromatic N) is 2. The third-order valence-corrected chi connectivity index (χ3v) is 6.59. The zero-order valence-electron chi connectivity index (χ0n) is 19.4. The Morgan fingerprint density at radius 3 is 1.97 bits per heavy atom. The topological polar surface area (TPSA) is 45.5 Å². The molecular weight excluding hydrogens is 472 g/mol. The van der Waals surface area contributed by atoms with Crippen molar-refractivity contribution in [1.82, 2.24) is 9.55 Å². The number of hydrogen-bond donors (Lipinski definition) is 0. The van der Waals surface area contributed by atoms with Crippen molar-refractivity contribution in [3.8, 4) is 17.4 Å². The predicted octanol–water partition coefficient (Wildman–Crippen LogP) is 7.04. The molecule has 6 rings (SSSR count). The van der Waals surface area contributed by atoms with Crippen LogP contribution in [0.25, 0.3) is 0 Å². The van der Waals surface area contributed by atoms with Gasteiger partial charge in [0.2, 0.25) is 5.88 Å². The summed E-state index contributed by atoms with van der Waals surface area (Å²) in [6, 6.07) is 34.8. The SMILES string of the molecule is Clc1cc2c(c(Oc3cn(C(c4ccccc4)(c4ccccc4)c4ccccc4)cn3)c1)OCOC2. The lowest BCUT2D eigenvalue weighted by molar-refractivity contribution is -0.0177. The summed E-state index contributed by atoms with van der Waals surface area (Å²) in [7, 11) is 0. The van der Waals surface area contributed by atoms with E-state index in [1.54, 1.807) is 6.07 Å². The van der Waals surface area contributed by atoms with Gasteiger partial charge in [-0.3, -0.25) is 0 Å². The smallest absolute Gasteiger partial charge is 0.237 e. The second kappa shape index (κ2) is 9.53. The first kappa shape index (κ1) is 22.4. The Kier molecular flexibility index (Phi) is 5.93. The number of benzene rings is 4. The molecule has 1 aliphatic heterocycles. The highest BCUT2D eigenvalue weighted by Crippen LogP contribution is 2.43. The van der Waals surface area contributed by atoms with Crippen molar-refractivity contribution >= 4 is 11.6 Å². The van der Waals surface area contributed by atoms with Gasteiger partial charge < -0.3 is 18.8 Å². The van der Waals surface area contributed by atoms with Crippen molar-refractivity contribution < 1.29 is 14.2 Å². The van der Waals surface area contributed by atoms with Gasteiger partial charge >= 0.3 is 0 Å². The van der Waals surface area contributed by atoms with Gasteiger partial charge in [0, 0.05) is 16.7 Å². The molecule has 0 saturated heterocycles. The average Bonchev–Trinajstić information content (AvgIpc) is 3.39. The fourth-order valence-electron chi connectivity index (χ4n) is 4.86. The Morgan fingerprint density at radius 1 is 0.806 bits per heavy atom. The third kappa shape index (κ3) is 3.92. The maximum atomic E-state index is 6.35.